The molecule has 0 aliphatic carbocycles. The molecule has 1 saturated heterocycles. The van der Waals surface area contributed by atoms with Crippen molar-refractivity contribution >= 4 is 10.0 Å². The smallest absolute Gasteiger partial charge is 0.246 e. The van der Waals surface area contributed by atoms with E-state index in [4.69, 9.17) is 4.52 Å². The molecule has 1 aromatic carbocycles. The second-order valence-electron chi connectivity index (χ2n) is 7.19. The van der Waals surface area contributed by atoms with Crippen molar-refractivity contribution in [1.29, 1.82) is 0 Å². The summed E-state index contributed by atoms with van der Waals surface area (Å²) in [5, 5.41) is 3.77. The molecule has 0 amide bonds. The van der Waals surface area contributed by atoms with Gasteiger partial charge < -0.3 is 9.42 Å². The Morgan fingerprint density at radius 2 is 1.81 bits per heavy atom. The number of nitrogens with one attached hydrogen (secondary N) is 1. The molecule has 0 radical (unpaired) electrons. The van der Waals surface area contributed by atoms with Crippen molar-refractivity contribution in [3.63, 3.8) is 0 Å². The molecule has 1 aromatic heterocycles. The van der Waals surface area contributed by atoms with Crippen LogP contribution in [-0.4, -0.2) is 69.2 Å². The second kappa shape index (κ2) is 8.52. The zero-order chi connectivity index (χ0) is 19.4. The highest BCUT2D eigenvalue weighted by molar-refractivity contribution is 7.89. The number of hydrogen-bond donors (Lipinski definition) is 1. The molecule has 1 atom stereocenters. The van der Waals surface area contributed by atoms with Gasteiger partial charge in [-0.15, -0.1) is 0 Å². The maximum absolute atomic E-state index is 12.8. The van der Waals surface area contributed by atoms with Crippen molar-refractivity contribution in [2.75, 3.05) is 39.8 Å². The van der Waals surface area contributed by atoms with Gasteiger partial charge in [0.2, 0.25) is 10.0 Å². The van der Waals surface area contributed by atoms with E-state index in [1.165, 1.54) is 5.56 Å². The van der Waals surface area contributed by atoms with Gasteiger partial charge in [-0.1, -0.05) is 35.5 Å². The monoisotopic (exact) mass is 392 g/mol. The van der Waals surface area contributed by atoms with E-state index >= 15 is 0 Å². The van der Waals surface area contributed by atoms with Crippen LogP contribution < -0.4 is 4.72 Å². The highest BCUT2D eigenvalue weighted by atomic mass is 32.2. The highest BCUT2D eigenvalue weighted by Crippen LogP contribution is 2.19. The number of piperazine rings is 1. The second-order valence-corrected chi connectivity index (χ2v) is 8.89. The van der Waals surface area contributed by atoms with Crippen molar-refractivity contribution in [3.05, 3.63) is 47.3 Å². The van der Waals surface area contributed by atoms with Gasteiger partial charge in [-0.05, 0) is 32.9 Å². The molecule has 0 bridgehead atoms. The summed E-state index contributed by atoms with van der Waals surface area (Å²) < 4.78 is 33.4. The summed E-state index contributed by atoms with van der Waals surface area (Å²) in [6.07, 6.45) is 0.800. The summed E-state index contributed by atoms with van der Waals surface area (Å²) in [4.78, 5) is 4.83. The van der Waals surface area contributed by atoms with E-state index in [0.717, 1.165) is 32.6 Å². The Hall–Kier alpha value is -1.74. The lowest BCUT2D eigenvalue weighted by molar-refractivity contribution is 0.112. The number of aryl methyl sites for hydroxylation is 2. The molecule has 1 N–H and O–H groups in total. The number of nitrogens with zero attached hydrogens (tertiary/aromatic N) is 3. The lowest BCUT2D eigenvalue weighted by atomic mass is 10.0. The summed E-state index contributed by atoms with van der Waals surface area (Å²) in [5.74, 6) is 0.319. The minimum atomic E-state index is -3.66. The molecule has 7 nitrogen and oxygen atoms in total. The molecule has 2 heterocycles. The molecular formula is C19H28N4O3S. The number of sulfonamides is 1. The minimum Gasteiger partial charge on any atom is -0.360 e. The van der Waals surface area contributed by atoms with Crippen molar-refractivity contribution in [2.45, 2.75) is 31.2 Å². The molecule has 0 spiro atoms. The van der Waals surface area contributed by atoms with Crippen molar-refractivity contribution in [3.8, 4) is 0 Å². The van der Waals surface area contributed by atoms with Crippen LogP contribution in [0, 0.1) is 13.8 Å². The number of aromatic nitrogens is 1. The van der Waals surface area contributed by atoms with Crippen LogP contribution in [0.4, 0.5) is 0 Å². The lowest BCUT2D eigenvalue weighted by Gasteiger charge is -2.38. The molecule has 1 aliphatic heterocycles. The predicted molar refractivity (Wildman–Crippen MR) is 104 cm³/mol. The van der Waals surface area contributed by atoms with Gasteiger partial charge in [0, 0.05) is 38.8 Å². The number of likely N-dealkylation sites (N-methyl/N-ethyl adjacent to an activating group) is 1. The first-order valence-corrected chi connectivity index (χ1v) is 10.7. The maximum atomic E-state index is 12.8. The Bertz CT molecular complexity index is 824. The van der Waals surface area contributed by atoms with E-state index in [1.807, 2.05) is 18.2 Å². The van der Waals surface area contributed by atoms with Crippen molar-refractivity contribution in [2.24, 2.45) is 0 Å². The van der Waals surface area contributed by atoms with Crippen LogP contribution in [0.15, 0.2) is 39.8 Å². The summed E-state index contributed by atoms with van der Waals surface area (Å²) in [6.45, 7) is 7.46. The van der Waals surface area contributed by atoms with Gasteiger partial charge in [-0.2, -0.15) is 0 Å². The predicted octanol–water partition coefficient (Wildman–Crippen LogP) is 1.43. The van der Waals surface area contributed by atoms with Gasteiger partial charge in [0.15, 0.2) is 5.76 Å². The Morgan fingerprint density at radius 3 is 2.41 bits per heavy atom. The summed E-state index contributed by atoms with van der Waals surface area (Å²) in [6, 6.07) is 10.3. The normalized spacial score (nSPS) is 17.9. The van der Waals surface area contributed by atoms with E-state index < -0.39 is 10.0 Å². The van der Waals surface area contributed by atoms with E-state index in [0.29, 0.717) is 18.0 Å². The topological polar surface area (TPSA) is 78.7 Å². The van der Waals surface area contributed by atoms with Crippen LogP contribution in [0.25, 0.3) is 0 Å². The highest BCUT2D eigenvalue weighted by Gasteiger charge is 2.28. The van der Waals surface area contributed by atoms with Gasteiger partial charge in [0.05, 0.1) is 0 Å². The number of benzene rings is 1. The van der Waals surface area contributed by atoms with Crippen LogP contribution in [0.2, 0.25) is 0 Å². The molecule has 2 aromatic rings. The quantitative estimate of drug-likeness (QED) is 0.768. The molecule has 1 fully saturated rings. The maximum Gasteiger partial charge on any atom is 0.246 e. The summed E-state index contributed by atoms with van der Waals surface area (Å²) in [7, 11) is -1.54. The standard InChI is InChI=1S/C19H28N4O3S/c1-15-19(16(2)26-21-15)27(24,25)20-14-18(13-17-7-5-4-6-8-17)23-11-9-22(3)10-12-23/h4-8,18,20H,9-14H2,1-3H3. The molecule has 1 unspecified atom stereocenters. The fourth-order valence-corrected chi connectivity index (χ4v) is 4.94. The first kappa shape index (κ1) is 20.0. The lowest BCUT2D eigenvalue weighted by Crippen LogP contribution is -2.53. The zero-order valence-electron chi connectivity index (χ0n) is 16.2. The third kappa shape index (κ3) is 4.95. The average molecular weight is 393 g/mol. The van der Waals surface area contributed by atoms with E-state index in [9.17, 15) is 8.42 Å². The average Bonchev–Trinajstić information content (AvgIpc) is 2.99. The van der Waals surface area contributed by atoms with Crippen LogP contribution in [0.3, 0.4) is 0 Å². The van der Waals surface area contributed by atoms with E-state index in [2.05, 4.69) is 38.9 Å². The Labute approximate surface area is 161 Å². The first-order valence-electron chi connectivity index (χ1n) is 9.26. The third-order valence-electron chi connectivity index (χ3n) is 5.11. The Kier molecular flexibility index (Phi) is 6.31. The van der Waals surface area contributed by atoms with Crippen LogP contribution in [0.1, 0.15) is 17.0 Å². The molecule has 0 saturated carbocycles. The van der Waals surface area contributed by atoms with Crippen molar-refractivity contribution in [1.82, 2.24) is 19.7 Å². The van der Waals surface area contributed by atoms with Gasteiger partial charge in [-0.25, -0.2) is 13.1 Å². The molecule has 27 heavy (non-hydrogen) atoms. The fraction of sp³-hybridized carbons (Fsp3) is 0.526. The minimum absolute atomic E-state index is 0.0938. The summed E-state index contributed by atoms with van der Waals surface area (Å²) >= 11 is 0. The SMILES string of the molecule is Cc1noc(C)c1S(=O)(=O)NCC(Cc1ccccc1)N1CCN(C)CC1. The summed E-state index contributed by atoms with van der Waals surface area (Å²) in [5.41, 5.74) is 1.59. The molecule has 8 heteroatoms. The van der Waals surface area contributed by atoms with Crippen LogP contribution in [-0.2, 0) is 16.4 Å². The Morgan fingerprint density at radius 1 is 1.15 bits per heavy atom. The third-order valence-corrected chi connectivity index (χ3v) is 6.78. The van der Waals surface area contributed by atoms with Crippen LogP contribution >= 0.6 is 0 Å². The van der Waals surface area contributed by atoms with Gasteiger partial charge in [0.25, 0.3) is 0 Å². The molecule has 148 valence electrons. The van der Waals surface area contributed by atoms with Crippen molar-refractivity contribution < 1.29 is 12.9 Å². The van der Waals surface area contributed by atoms with Crippen LogP contribution in [0.5, 0.6) is 0 Å². The molecular weight excluding hydrogens is 364 g/mol. The molecule has 3 rings (SSSR count). The van der Waals surface area contributed by atoms with Gasteiger partial charge in [0.1, 0.15) is 10.6 Å². The van der Waals surface area contributed by atoms with Gasteiger partial charge in [-0.3, -0.25) is 4.90 Å². The fourth-order valence-electron chi connectivity index (χ4n) is 3.54. The van der Waals surface area contributed by atoms with E-state index in [-0.39, 0.29) is 10.9 Å². The number of rotatable bonds is 7. The van der Waals surface area contributed by atoms with Gasteiger partial charge >= 0.3 is 0 Å². The first-order chi connectivity index (χ1) is 12.9. The number of hydrogen-bond acceptors (Lipinski definition) is 6. The van der Waals surface area contributed by atoms with E-state index in [1.54, 1.807) is 13.8 Å². The molecule has 1 aliphatic rings. The zero-order valence-corrected chi connectivity index (χ0v) is 17.0. The largest absolute Gasteiger partial charge is 0.360 e. The Balaban J connectivity index is 1.74.